The van der Waals surface area contributed by atoms with E-state index in [4.69, 9.17) is 0 Å². The first-order valence-corrected chi connectivity index (χ1v) is 9.26. The summed E-state index contributed by atoms with van der Waals surface area (Å²) >= 11 is 0. The lowest BCUT2D eigenvalue weighted by Crippen LogP contribution is -2.49. The van der Waals surface area contributed by atoms with E-state index in [1.165, 1.54) is 0 Å². The van der Waals surface area contributed by atoms with Crippen molar-refractivity contribution in [1.82, 2.24) is 14.9 Å². The second-order valence-corrected chi connectivity index (χ2v) is 8.16. The molecule has 0 N–H and O–H groups in total. The van der Waals surface area contributed by atoms with E-state index < -0.39 is 0 Å². The number of amides is 1. The lowest BCUT2D eigenvalue weighted by Gasteiger charge is -2.35. The summed E-state index contributed by atoms with van der Waals surface area (Å²) in [6, 6.07) is 1.84. The van der Waals surface area contributed by atoms with Crippen molar-refractivity contribution in [3.63, 3.8) is 0 Å². The lowest BCUT2D eigenvalue weighted by atomic mass is 9.90. The number of hydrogen-bond acceptors (Lipinski definition) is 6. The molecule has 0 aliphatic carbocycles. The Bertz CT molecular complexity index is 726. The number of piperazine rings is 1. The molecule has 1 amide bonds. The Morgan fingerprint density at radius 1 is 1.19 bits per heavy atom. The first-order valence-electron chi connectivity index (χ1n) is 9.26. The van der Waals surface area contributed by atoms with E-state index in [0.717, 1.165) is 44.0 Å². The van der Waals surface area contributed by atoms with E-state index in [-0.39, 0.29) is 11.3 Å². The maximum absolute atomic E-state index is 12.4. The van der Waals surface area contributed by atoms with Crippen LogP contribution in [0.5, 0.6) is 0 Å². The van der Waals surface area contributed by atoms with Gasteiger partial charge < -0.3 is 9.80 Å². The summed E-state index contributed by atoms with van der Waals surface area (Å²) in [6.45, 7) is 12.1. The molecule has 0 spiro atoms. The molecular formula is C19H28N6O. The molecule has 1 aromatic rings. The van der Waals surface area contributed by atoms with E-state index in [1.54, 1.807) is 6.20 Å². The van der Waals surface area contributed by atoms with E-state index in [0.29, 0.717) is 24.7 Å². The Hall–Kier alpha value is -2.31. The minimum Gasteiger partial charge on any atom is -0.339 e. The molecule has 140 valence electrons. The fourth-order valence-electron chi connectivity index (χ4n) is 3.00. The number of nitrogens with zero attached hydrogens (tertiary/aromatic N) is 6. The highest BCUT2D eigenvalue weighted by molar-refractivity contribution is 6.10. The summed E-state index contributed by atoms with van der Waals surface area (Å²) in [5.41, 5.74) is 1.95. The highest BCUT2D eigenvalue weighted by atomic mass is 16.2. The van der Waals surface area contributed by atoms with Gasteiger partial charge >= 0.3 is 0 Å². The molecule has 1 saturated heterocycles. The summed E-state index contributed by atoms with van der Waals surface area (Å²) in [5, 5.41) is 0. The fourth-order valence-corrected chi connectivity index (χ4v) is 3.00. The van der Waals surface area contributed by atoms with Crippen molar-refractivity contribution in [2.24, 2.45) is 15.4 Å². The monoisotopic (exact) mass is 356 g/mol. The summed E-state index contributed by atoms with van der Waals surface area (Å²) < 4.78 is 0. The van der Waals surface area contributed by atoms with Gasteiger partial charge in [0.1, 0.15) is 5.69 Å². The van der Waals surface area contributed by atoms with Gasteiger partial charge in [0, 0.05) is 44.5 Å². The summed E-state index contributed by atoms with van der Waals surface area (Å²) in [4.78, 5) is 34.3. The van der Waals surface area contributed by atoms with Gasteiger partial charge in [0.15, 0.2) is 5.84 Å². The quantitative estimate of drug-likeness (QED) is 0.829. The Balaban J connectivity index is 1.58. The second kappa shape index (κ2) is 7.51. The number of aliphatic imine (C=N–C) groups is 2. The summed E-state index contributed by atoms with van der Waals surface area (Å²) in [7, 11) is 0. The predicted octanol–water partition coefficient (Wildman–Crippen LogP) is 2.17. The molecule has 7 nitrogen and oxygen atoms in total. The summed E-state index contributed by atoms with van der Waals surface area (Å²) in [6.07, 6.45) is 3.29. The Kier molecular flexibility index (Phi) is 5.34. The van der Waals surface area contributed by atoms with E-state index in [2.05, 4.69) is 45.6 Å². The molecule has 0 bridgehead atoms. The minimum absolute atomic E-state index is 0.190. The molecule has 0 unspecified atom stereocenters. The van der Waals surface area contributed by atoms with Crippen LogP contribution in [0, 0.1) is 5.41 Å². The van der Waals surface area contributed by atoms with Gasteiger partial charge in [-0.25, -0.2) is 15.0 Å². The molecule has 2 aliphatic rings. The number of amidine groups is 1. The van der Waals surface area contributed by atoms with Crippen LogP contribution in [0.25, 0.3) is 0 Å². The Morgan fingerprint density at radius 3 is 2.54 bits per heavy atom. The van der Waals surface area contributed by atoms with Crippen LogP contribution < -0.4 is 4.90 Å². The van der Waals surface area contributed by atoms with Crippen LogP contribution in [0.2, 0.25) is 0 Å². The first-order chi connectivity index (χ1) is 12.3. The topological polar surface area (TPSA) is 74.1 Å². The summed E-state index contributed by atoms with van der Waals surface area (Å²) in [5.74, 6) is 1.62. The average Bonchev–Trinajstić information content (AvgIpc) is 3.06. The minimum atomic E-state index is 0.190. The molecule has 0 saturated carbocycles. The van der Waals surface area contributed by atoms with Crippen molar-refractivity contribution in [1.29, 1.82) is 0 Å². The zero-order chi connectivity index (χ0) is 18.7. The number of carbonyl (C=O) groups is 1. The predicted molar refractivity (Wildman–Crippen MR) is 104 cm³/mol. The highest BCUT2D eigenvalue weighted by Gasteiger charge is 2.24. The van der Waals surface area contributed by atoms with E-state index in [9.17, 15) is 4.79 Å². The van der Waals surface area contributed by atoms with Gasteiger partial charge in [-0.1, -0.05) is 20.8 Å². The van der Waals surface area contributed by atoms with Crippen LogP contribution in [0.15, 0.2) is 22.2 Å². The molecule has 7 heteroatoms. The fraction of sp³-hybridized carbons (Fsp3) is 0.632. The van der Waals surface area contributed by atoms with Crippen molar-refractivity contribution in [3.05, 3.63) is 18.0 Å². The van der Waals surface area contributed by atoms with Crippen LogP contribution in [0.3, 0.4) is 0 Å². The SMILES string of the molecule is CC1=NC(c2ccnc(N3CCN(C(=O)CCC(C)(C)C)CC3)n2)=NC1. The average molecular weight is 356 g/mol. The largest absolute Gasteiger partial charge is 0.339 e. The van der Waals surface area contributed by atoms with Gasteiger partial charge in [-0.3, -0.25) is 9.79 Å². The number of rotatable bonds is 4. The zero-order valence-corrected chi connectivity index (χ0v) is 16.2. The van der Waals surface area contributed by atoms with Crippen molar-refractivity contribution in [2.45, 2.75) is 40.5 Å². The standard InChI is InChI=1S/C19H28N6O/c1-14-13-21-17(22-14)15-6-8-20-18(23-15)25-11-9-24(10-12-25)16(26)5-7-19(2,3)4/h6,8H,5,7,9-13H2,1-4H3. The van der Waals surface area contributed by atoms with Crippen LogP contribution in [-0.2, 0) is 4.79 Å². The maximum atomic E-state index is 12.4. The van der Waals surface area contributed by atoms with Gasteiger partial charge in [0.05, 0.1) is 6.54 Å². The Labute approximate surface area is 155 Å². The number of hydrogen-bond donors (Lipinski definition) is 0. The van der Waals surface area contributed by atoms with Gasteiger partial charge in [0.2, 0.25) is 11.9 Å². The van der Waals surface area contributed by atoms with E-state index >= 15 is 0 Å². The Morgan fingerprint density at radius 2 is 1.92 bits per heavy atom. The van der Waals surface area contributed by atoms with Crippen molar-refractivity contribution in [2.75, 3.05) is 37.6 Å². The second-order valence-electron chi connectivity index (χ2n) is 8.16. The molecule has 1 fully saturated rings. The molecule has 1 aromatic heterocycles. The van der Waals surface area contributed by atoms with Gasteiger partial charge in [-0.2, -0.15) is 0 Å². The molecule has 3 heterocycles. The smallest absolute Gasteiger partial charge is 0.226 e. The lowest BCUT2D eigenvalue weighted by molar-refractivity contribution is -0.132. The molecule has 3 rings (SSSR count). The molecule has 0 aromatic carbocycles. The van der Waals surface area contributed by atoms with Gasteiger partial charge in [-0.15, -0.1) is 0 Å². The van der Waals surface area contributed by atoms with Gasteiger partial charge in [-0.05, 0) is 24.8 Å². The third-order valence-corrected chi connectivity index (χ3v) is 4.63. The highest BCUT2D eigenvalue weighted by Crippen LogP contribution is 2.21. The van der Waals surface area contributed by atoms with Crippen molar-refractivity contribution >= 4 is 23.4 Å². The van der Waals surface area contributed by atoms with Crippen molar-refractivity contribution < 1.29 is 4.79 Å². The van der Waals surface area contributed by atoms with Crippen LogP contribution in [-0.4, -0.2) is 65.0 Å². The van der Waals surface area contributed by atoms with E-state index in [1.807, 2.05) is 17.9 Å². The third-order valence-electron chi connectivity index (χ3n) is 4.63. The number of aromatic nitrogens is 2. The molecule has 2 aliphatic heterocycles. The normalized spacial score (nSPS) is 18.0. The third kappa shape index (κ3) is 4.65. The molecule has 0 radical (unpaired) electrons. The molecule has 0 atom stereocenters. The zero-order valence-electron chi connectivity index (χ0n) is 16.2. The van der Waals surface area contributed by atoms with Crippen LogP contribution in [0.4, 0.5) is 5.95 Å². The van der Waals surface area contributed by atoms with Gasteiger partial charge in [0.25, 0.3) is 0 Å². The van der Waals surface area contributed by atoms with Crippen LogP contribution >= 0.6 is 0 Å². The maximum Gasteiger partial charge on any atom is 0.226 e. The first kappa shape index (κ1) is 18.5. The molecular weight excluding hydrogens is 328 g/mol. The number of carbonyl (C=O) groups excluding carboxylic acids is 1. The number of anilines is 1. The van der Waals surface area contributed by atoms with Crippen LogP contribution in [0.1, 0.15) is 46.2 Å². The van der Waals surface area contributed by atoms with Crippen molar-refractivity contribution in [3.8, 4) is 0 Å². The molecule has 26 heavy (non-hydrogen) atoms.